The lowest BCUT2D eigenvalue weighted by molar-refractivity contribution is 0.230. The van der Waals surface area contributed by atoms with E-state index in [0.29, 0.717) is 6.54 Å². The van der Waals surface area contributed by atoms with Crippen LogP contribution in [0.3, 0.4) is 0 Å². The molecule has 0 aliphatic heterocycles. The van der Waals surface area contributed by atoms with E-state index < -0.39 is 0 Å². The molecule has 7 heteroatoms. The van der Waals surface area contributed by atoms with Crippen LogP contribution in [0.25, 0.3) is 0 Å². The number of aromatic nitrogens is 2. The molecule has 0 saturated heterocycles. The van der Waals surface area contributed by atoms with Crippen molar-refractivity contribution >= 4 is 29.9 Å². The molecule has 0 spiro atoms. The molecule has 2 N–H and O–H groups in total. The molecular weight excluding hydrogens is 441 g/mol. The van der Waals surface area contributed by atoms with Gasteiger partial charge in [-0.2, -0.15) is 0 Å². The first-order valence-corrected chi connectivity index (χ1v) is 8.88. The second kappa shape index (κ2) is 12.6. The maximum atomic E-state index is 5.93. The third-order valence-electron chi connectivity index (χ3n) is 3.62. The Morgan fingerprint density at radius 3 is 2.88 bits per heavy atom. The summed E-state index contributed by atoms with van der Waals surface area (Å²) in [6.07, 6.45) is 6.64. The van der Waals surface area contributed by atoms with E-state index in [-0.39, 0.29) is 30.1 Å². The van der Waals surface area contributed by atoms with E-state index in [2.05, 4.69) is 45.1 Å². The predicted molar refractivity (Wildman–Crippen MR) is 118 cm³/mol. The molecule has 0 saturated carbocycles. The molecule has 26 heavy (non-hydrogen) atoms. The Morgan fingerprint density at radius 2 is 2.19 bits per heavy atom. The number of hydrogen-bond donors (Lipinski definition) is 2. The fourth-order valence-electron chi connectivity index (χ4n) is 2.41. The Balaban J connectivity index is 0.00000338. The maximum absolute atomic E-state index is 5.93. The first kappa shape index (κ1) is 22.3. The van der Waals surface area contributed by atoms with E-state index >= 15 is 0 Å². The third kappa shape index (κ3) is 8.55. The van der Waals surface area contributed by atoms with Gasteiger partial charge in [0.15, 0.2) is 5.96 Å². The molecule has 0 aliphatic rings. The van der Waals surface area contributed by atoms with Crippen LogP contribution in [0, 0.1) is 6.92 Å². The lowest BCUT2D eigenvalue weighted by atomic mass is 10.2. The molecule has 0 radical (unpaired) electrons. The summed E-state index contributed by atoms with van der Waals surface area (Å²) in [5.74, 6) is 1.72. The number of imidazole rings is 1. The van der Waals surface area contributed by atoms with Crippen LogP contribution >= 0.6 is 24.0 Å². The second-order valence-corrected chi connectivity index (χ2v) is 6.05. The van der Waals surface area contributed by atoms with E-state index in [0.717, 1.165) is 37.8 Å². The number of nitrogens with zero attached hydrogens (tertiary/aromatic N) is 3. The molecule has 2 rings (SSSR count). The van der Waals surface area contributed by atoms with Gasteiger partial charge in [-0.15, -0.1) is 24.0 Å². The van der Waals surface area contributed by atoms with Crippen molar-refractivity contribution in [3.63, 3.8) is 0 Å². The molecule has 1 aromatic heterocycles. The van der Waals surface area contributed by atoms with Crippen molar-refractivity contribution in [1.29, 1.82) is 0 Å². The maximum Gasteiger partial charge on any atom is 0.191 e. The summed E-state index contributed by atoms with van der Waals surface area (Å²) in [7, 11) is 0. The van der Waals surface area contributed by atoms with Crippen molar-refractivity contribution in [3.05, 3.63) is 48.5 Å². The van der Waals surface area contributed by atoms with Crippen LogP contribution in [0.15, 0.2) is 48.0 Å². The zero-order valence-corrected chi connectivity index (χ0v) is 18.1. The van der Waals surface area contributed by atoms with E-state index in [4.69, 9.17) is 4.74 Å². The van der Waals surface area contributed by atoms with Crippen molar-refractivity contribution < 1.29 is 4.74 Å². The molecule has 1 aromatic carbocycles. The van der Waals surface area contributed by atoms with Crippen LogP contribution in [0.1, 0.15) is 25.8 Å². The van der Waals surface area contributed by atoms with Gasteiger partial charge in [-0.25, -0.2) is 9.98 Å². The van der Waals surface area contributed by atoms with E-state index in [1.54, 1.807) is 6.20 Å². The van der Waals surface area contributed by atoms with Crippen LogP contribution in [-0.4, -0.2) is 41.2 Å². The molecule has 1 heterocycles. The monoisotopic (exact) mass is 471 g/mol. The molecule has 0 aliphatic carbocycles. The SMILES string of the molecule is CCNC(=NCC(C)Oc1cccc(C)c1)NCCCn1ccnc1.I. The topological polar surface area (TPSA) is 63.5 Å². The Kier molecular flexibility index (Phi) is 10.8. The summed E-state index contributed by atoms with van der Waals surface area (Å²) >= 11 is 0. The normalized spacial score (nSPS) is 12.2. The van der Waals surface area contributed by atoms with Gasteiger partial charge in [0.05, 0.1) is 12.9 Å². The Bertz CT molecular complexity index is 645. The number of ether oxygens (including phenoxy) is 1. The van der Waals surface area contributed by atoms with Crippen molar-refractivity contribution in [2.75, 3.05) is 19.6 Å². The minimum atomic E-state index is 0. The van der Waals surface area contributed by atoms with Gasteiger partial charge in [0.1, 0.15) is 11.9 Å². The van der Waals surface area contributed by atoms with Gasteiger partial charge in [-0.05, 0) is 44.9 Å². The highest BCUT2D eigenvalue weighted by Crippen LogP contribution is 2.14. The predicted octanol–water partition coefficient (Wildman–Crippen LogP) is 3.22. The molecular formula is C19H30IN5O. The van der Waals surface area contributed by atoms with Gasteiger partial charge < -0.3 is 19.9 Å². The highest BCUT2D eigenvalue weighted by molar-refractivity contribution is 14.0. The zero-order valence-electron chi connectivity index (χ0n) is 15.8. The number of benzene rings is 1. The van der Waals surface area contributed by atoms with Crippen LogP contribution < -0.4 is 15.4 Å². The number of halogens is 1. The average molecular weight is 471 g/mol. The lowest BCUT2D eigenvalue weighted by Crippen LogP contribution is -2.38. The van der Waals surface area contributed by atoms with Crippen LogP contribution in [0.2, 0.25) is 0 Å². The number of guanidine groups is 1. The van der Waals surface area contributed by atoms with Crippen molar-refractivity contribution in [1.82, 2.24) is 20.2 Å². The van der Waals surface area contributed by atoms with Gasteiger partial charge in [0.25, 0.3) is 0 Å². The minimum absolute atomic E-state index is 0. The fraction of sp³-hybridized carbons (Fsp3) is 0.474. The highest BCUT2D eigenvalue weighted by Gasteiger charge is 2.05. The molecule has 0 bridgehead atoms. The molecule has 2 aromatic rings. The zero-order chi connectivity index (χ0) is 17.9. The fourth-order valence-corrected chi connectivity index (χ4v) is 2.41. The smallest absolute Gasteiger partial charge is 0.191 e. The first-order chi connectivity index (χ1) is 12.2. The first-order valence-electron chi connectivity index (χ1n) is 8.88. The van der Waals surface area contributed by atoms with Gasteiger partial charge in [-0.3, -0.25) is 0 Å². The summed E-state index contributed by atoms with van der Waals surface area (Å²) in [4.78, 5) is 8.66. The summed E-state index contributed by atoms with van der Waals surface area (Å²) in [6.45, 7) is 9.40. The Labute approximate surface area is 173 Å². The lowest BCUT2D eigenvalue weighted by Gasteiger charge is -2.15. The van der Waals surface area contributed by atoms with E-state index in [1.807, 2.05) is 37.6 Å². The number of rotatable bonds is 9. The molecule has 0 amide bonds. The number of hydrogen-bond acceptors (Lipinski definition) is 3. The number of aryl methyl sites for hydroxylation is 2. The Morgan fingerprint density at radius 1 is 1.35 bits per heavy atom. The second-order valence-electron chi connectivity index (χ2n) is 6.05. The van der Waals surface area contributed by atoms with E-state index in [9.17, 15) is 0 Å². The third-order valence-corrected chi connectivity index (χ3v) is 3.62. The van der Waals surface area contributed by atoms with Gasteiger partial charge >= 0.3 is 0 Å². The van der Waals surface area contributed by atoms with Crippen molar-refractivity contribution in [2.24, 2.45) is 4.99 Å². The van der Waals surface area contributed by atoms with Gasteiger partial charge in [-0.1, -0.05) is 12.1 Å². The van der Waals surface area contributed by atoms with Crippen LogP contribution in [-0.2, 0) is 6.54 Å². The summed E-state index contributed by atoms with van der Waals surface area (Å²) in [6, 6.07) is 8.09. The highest BCUT2D eigenvalue weighted by atomic mass is 127. The molecule has 1 unspecified atom stereocenters. The quantitative estimate of drug-likeness (QED) is 0.255. The average Bonchev–Trinajstić information content (AvgIpc) is 3.10. The standard InChI is InChI=1S/C19H29N5O.HI/c1-4-21-19(22-9-6-11-24-12-10-20-15-24)23-14-17(3)25-18-8-5-7-16(2)13-18;/h5,7-8,10,12-13,15,17H,4,6,9,11,14H2,1-3H3,(H2,21,22,23);1H. The Hall–Kier alpha value is -1.77. The van der Waals surface area contributed by atoms with Gasteiger partial charge in [0, 0.05) is 32.0 Å². The minimum Gasteiger partial charge on any atom is -0.489 e. The molecule has 0 fully saturated rings. The number of aliphatic imine (C=N–C) groups is 1. The number of nitrogens with one attached hydrogen (secondary N) is 2. The summed E-state index contributed by atoms with van der Waals surface area (Å²) in [5, 5.41) is 6.63. The van der Waals surface area contributed by atoms with Crippen molar-refractivity contribution in [3.8, 4) is 5.75 Å². The van der Waals surface area contributed by atoms with Crippen LogP contribution in [0.5, 0.6) is 5.75 Å². The van der Waals surface area contributed by atoms with Crippen LogP contribution in [0.4, 0.5) is 0 Å². The van der Waals surface area contributed by atoms with Crippen molar-refractivity contribution in [2.45, 2.75) is 39.8 Å². The molecule has 1 atom stereocenters. The largest absolute Gasteiger partial charge is 0.489 e. The van der Waals surface area contributed by atoms with E-state index in [1.165, 1.54) is 5.56 Å². The summed E-state index contributed by atoms with van der Waals surface area (Å²) in [5.41, 5.74) is 1.20. The van der Waals surface area contributed by atoms with Gasteiger partial charge in [0.2, 0.25) is 0 Å². The molecule has 144 valence electrons. The molecule has 6 nitrogen and oxygen atoms in total. The summed E-state index contributed by atoms with van der Waals surface area (Å²) < 4.78 is 8.00.